The smallest absolute Gasteiger partial charge is 0.407 e. The number of phenolic OH excluding ortho intramolecular Hbond substituents is 1. The molecule has 0 atom stereocenters. The van der Waals surface area contributed by atoms with E-state index in [2.05, 4.69) is 5.32 Å². The van der Waals surface area contributed by atoms with Crippen molar-refractivity contribution in [1.29, 1.82) is 0 Å². The predicted molar refractivity (Wildman–Crippen MR) is 86.4 cm³/mol. The molecular formula is C17H24N2O4. The molecule has 0 radical (unpaired) electrons. The van der Waals surface area contributed by atoms with Crippen LogP contribution in [-0.4, -0.2) is 46.7 Å². The van der Waals surface area contributed by atoms with Crippen molar-refractivity contribution in [3.63, 3.8) is 0 Å². The Balaban J connectivity index is 1.84. The molecule has 2 N–H and O–H groups in total. The molecule has 6 heteroatoms. The van der Waals surface area contributed by atoms with Crippen molar-refractivity contribution in [3.8, 4) is 5.75 Å². The number of hydrogen-bond acceptors (Lipinski definition) is 4. The number of carbonyl (C=O) groups is 2. The van der Waals surface area contributed by atoms with Gasteiger partial charge in [-0.2, -0.15) is 0 Å². The SMILES string of the molecule is CC(C)(C)OC(=O)NC1CCN(C(=O)c2cccc(O)c2)CC1. The first-order chi connectivity index (χ1) is 10.7. The van der Waals surface area contributed by atoms with Crippen LogP contribution in [0.5, 0.6) is 5.75 Å². The summed E-state index contributed by atoms with van der Waals surface area (Å²) in [5.41, 5.74) is -0.0423. The third-order valence-corrected chi connectivity index (χ3v) is 3.60. The van der Waals surface area contributed by atoms with Crippen LogP contribution in [-0.2, 0) is 4.74 Å². The molecule has 1 aromatic rings. The van der Waals surface area contributed by atoms with Gasteiger partial charge in [-0.1, -0.05) is 6.07 Å². The van der Waals surface area contributed by atoms with Gasteiger partial charge >= 0.3 is 6.09 Å². The predicted octanol–water partition coefficient (Wildman–Crippen LogP) is 2.52. The highest BCUT2D eigenvalue weighted by Crippen LogP contribution is 2.17. The summed E-state index contributed by atoms with van der Waals surface area (Å²) in [5.74, 6) is -0.0195. The van der Waals surface area contributed by atoms with E-state index in [0.29, 0.717) is 31.5 Å². The van der Waals surface area contributed by atoms with E-state index in [1.54, 1.807) is 17.0 Å². The minimum absolute atomic E-state index is 0.0121. The number of nitrogens with one attached hydrogen (secondary N) is 1. The lowest BCUT2D eigenvalue weighted by Crippen LogP contribution is -2.47. The number of piperidine rings is 1. The summed E-state index contributed by atoms with van der Waals surface area (Å²) >= 11 is 0. The largest absolute Gasteiger partial charge is 0.508 e. The van der Waals surface area contributed by atoms with E-state index in [-0.39, 0.29) is 17.7 Å². The molecule has 1 aromatic carbocycles. The molecule has 0 spiro atoms. The van der Waals surface area contributed by atoms with Crippen LogP contribution in [0, 0.1) is 0 Å². The monoisotopic (exact) mass is 320 g/mol. The molecule has 0 aliphatic carbocycles. The molecule has 6 nitrogen and oxygen atoms in total. The minimum Gasteiger partial charge on any atom is -0.508 e. The van der Waals surface area contributed by atoms with E-state index in [1.807, 2.05) is 20.8 Å². The highest BCUT2D eigenvalue weighted by atomic mass is 16.6. The molecule has 1 aliphatic rings. The van der Waals surface area contributed by atoms with Gasteiger partial charge in [0.1, 0.15) is 11.4 Å². The number of hydrogen-bond donors (Lipinski definition) is 2. The van der Waals surface area contributed by atoms with E-state index in [4.69, 9.17) is 4.74 Å². The van der Waals surface area contributed by atoms with Gasteiger partial charge in [-0.25, -0.2) is 4.79 Å². The van der Waals surface area contributed by atoms with E-state index >= 15 is 0 Å². The molecule has 1 saturated heterocycles. The summed E-state index contributed by atoms with van der Waals surface area (Å²) in [7, 11) is 0. The van der Waals surface area contributed by atoms with Gasteiger partial charge in [-0.15, -0.1) is 0 Å². The molecule has 0 bridgehead atoms. The zero-order valence-electron chi connectivity index (χ0n) is 13.8. The van der Waals surface area contributed by atoms with Gasteiger partial charge in [0.05, 0.1) is 0 Å². The third-order valence-electron chi connectivity index (χ3n) is 3.60. The van der Waals surface area contributed by atoms with Gasteiger partial charge in [0, 0.05) is 24.7 Å². The summed E-state index contributed by atoms with van der Waals surface area (Å²) in [6, 6.07) is 6.35. The Morgan fingerprint density at radius 2 is 1.91 bits per heavy atom. The van der Waals surface area contributed by atoms with Crippen molar-refractivity contribution >= 4 is 12.0 Å². The number of aromatic hydroxyl groups is 1. The van der Waals surface area contributed by atoms with E-state index < -0.39 is 11.7 Å². The number of rotatable bonds is 2. The molecule has 0 aromatic heterocycles. The molecular weight excluding hydrogens is 296 g/mol. The zero-order valence-corrected chi connectivity index (χ0v) is 13.8. The first kappa shape index (κ1) is 17.1. The van der Waals surface area contributed by atoms with E-state index in [0.717, 1.165) is 0 Å². The van der Waals surface area contributed by atoms with Crippen molar-refractivity contribution in [3.05, 3.63) is 29.8 Å². The van der Waals surface area contributed by atoms with Crippen molar-refractivity contribution in [2.24, 2.45) is 0 Å². The van der Waals surface area contributed by atoms with E-state index in [1.165, 1.54) is 12.1 Å². The van der Waals surface area contributed by atoms with Gasteiger partial charge < -0.3 is 20.1 Å². The summed E-state index contributed by atoms with van der Waals surface area (Å²) < 4.78 is 5.24. The second-order valence-electron chi connectivity index (χ2n) is 6.76. The van der Waals surface area contributed by atoms with Gasteiger partial charge in [0.2, 0.25) is 0 Å². The molecule has 2 rings (SSSR count). The Kier molecular flexibility index (Phi) is 5.13. The molecule has 1 aliphatic heterocycles. The summed E-state index contributed by atoms with van der Waals surface area (Å²) in [5, 5.41) is 12.3. The number of nitrogens with zero attached hydrogens (tertiary/aromatic N) is 1. The second kappa shape index (κ2) is 6.89. The Labute approximate surface area is 136 Å². The number of amides is 2. The van der Waals surface area contributed by atoms with Gasteiger partial charge in [0.25, 0.3) is 5.91 Å². The number of alkyl carbamates (subject to hydrolysis) is 1. The number of likely N-dealkylation sites (tertiary alicyclic amines) is 1. The fraction of sp³-hybridized carbons (Fsp3) is 0.529. The maximum atomic E-state index is 12.4. The number of ether oxygens (including phenoxy) is 1. The van der Waals surface area contributed by atoms with Crippen LogP contribution in [0.15, 0.2) is 24.3 Å². The number of phenols is 1. The zero-order chi connectivity index (χ0) is 17.0. The quantitative estimate of drug-likeness (QED) is 0.877. The highest BCUT2D eigenvalue weighted by Gasteiger charge is 2.26. The van der Waals surface area contributed by atoms with Crippen LogP contribution in [0.25, 0.3) is 0 Å². The van der Waals surface area contributed by atoms with Crippen LogP contribution < -0.4 is 5.32 Å². The summed E-state index contributed by atoms with van der Waals surface area (Å²) in [6.45, 7) is 6.60. The fourth-order valence-electron chi connectivity index (χ4n) is 2.52. The average Bonchev–Trinajstić information content (AvgIpc) is 2.45. The summed E-state index contributed by atoms with van der Waals surface area (Å²) in [6.07, 6.45) is 0.948. The maximum absolute atomic E-state index is 12.4. The first-order valence-corrected chi connectivity index (χ1v) is 7.82. The molecule has 0 unspecified atom stereocenters. The average molecular weight is 320 g/mol. The third kappa shape index (κ3) is 5.16. The Bertz CT molecular complexity index is 572. The number of carbonyl (C=O) groups excluding carboxylic acids is 2. The molecule has 126 valence electrons. The Hall–Kier alpha value is -2.24. The molecule has 1 fully saturated rings. The lowest BCUT2D eigenvalue weighted by Gasteiger charge is -2.33. The first-order valence-electron chi connectivity index (χ1n) is 7.82. The van der Waals surface area contributed by atoms with E-state index in [9.17, 15) is 14.7 Å². The van der Waals surface area contributed by atoms with Gasteiger partial charge in [0.15, 0.2) is 0 Å². The lowest BCUT2D eigenvalue weighted by atomic mass is 10.0. The van der Waals surface area contributed by atoms with Crippen LogP contribution in [0.2, 0.25) is 0 Å². The number of benzene rings is 1. The second-order valence-corrected chi connectivity index (χ2v) is 6.76. The van der Waals surface area contributed by atoms with Crippen LogP contribution in [0.4, 0.5) is 4.79 Å². The molecule has 1 heterocycles. The van der Waals surface area contributed by atoms with Crippen molar-refractivity contribution < 1.29 is 19.4 Å². The van der Waals surface area contributed by atoms with Crippen molar-refractivity contribution in [2.45, 2.75) is 45.3 Å². The Morgan fingerprint density at radius 3 is 2.48 bits per heavy atom. The lowest BCUT2D eigenvalue weighted by molar-refractivity contribution is 0.0473. The molecule has 23 heavy (non-hydrogen) atoms. The maximum Gasteiger partial charge on any atom is 0.407 e. The van der Waals surface area contributed by atoms with Gasteiger partial charge in [-0.05, 0) is 51.8 Å². The standard InChI is InChI=1S/C17H24N2O4/c1-17(2,3)23-16(22)18-13-7-9-19(10-8-13)15(21)12-5-4-6-14(20)11-12/h4-6,11,13,20H,7-10H2,1-3H3,(H,18,22). The van der Waals surface area contributed by atoms with Crippen LogP contribution in [0.3, 0.4) is 0 Å². The molecule has 2 amide bonds. The van der Waals surface area contributed by atoms with Crippen LogP contribution in [0.1, 0.15) is 44.0 Å². The summed E-state index contributed by atoms with van der Waals surface area (Å²) in [4.78, 5) is 25.9. The fourth-order valence-corrected chi connectivity index (χ4v) is 2.52. The van der Waals surface area contributed by atoms with Crippen molar-refractivity contribution in [1.82, 2.24) is 10.2 Å². The van der Waals surface area contributed by atoms with Crippen molar-refractivity contribution in [2.75, 3.05) is 13.1 Å². The normalized spacial score (nSPS) is 16.0. The minimum atomic E-state index is -0.518. The Morgan fingerprint density at radius 1 is 1.26 bits per heavy atom. The topological polar surface area (TPSA) is 78.9 Å². The van der Waals surface area contributed by atoms with Crippen LogP contribution >= 0.6 is 0 Å². The highest BCUT2D eigenvalue weighted by molar-refractivity contribution is 5.94. The molecule has 0 saturated carbocycles. The van der Waals surface area contributed by atoms with Gasteiger partial charge in [-0.3, -0.25) is 4.79 Å².